The fourth-order valence-electron chi connectivity index (χ4n) is 2.65. The monoisotopic (exact) mass is 452 g/mol. The molecule has 144 valence electrons. The summed E-state index contributed by atoms with van der Waals surface area (Å²) >= 11 is 4.44. The van der Waals surface area contributed by atoms with Crippen molar-refractivity contribution in [3.63, 3.8) is 0 Å². The van der Waals surface area contributed by atoms with Crippen LogP contribution in [0.25, 0.3) is 10.2 Å². The minimum absolute atomic E-state index is 0.0594. The summed E-state index contributed by atoms with van der Waals surface area (Å²) in [4.78, 5) is 6.01. The Morgan fingerprint density at radius 1 is 1.35 bits per heavy atom. The van der Waals surface area contributed by atoms with E-state index in [9.17, 15) is 18.4 Å². The molecule has 0 spiro atoms. The standard InChI is InChI=1S/C16H20BrF3N4OS/c1-15(2,3)24(25)22-14-21-12-10(26-14)8-9(17)11(18)13(12)23-6-4-16(19,20)5-7-23/h8,25H,4-7H2,1-3H3,(H,21,22). The lowest BCUT2D eigenvalue weighted by molar-refractivity contribution is -0.133. The Kier molecular flexibility index (Phi) is 5.15. The highest BCUT2D eigenvalue weighted by Crippen LogP contribution is 2.41. The van der Waals surface area contributed by atoms with Gasteiger partial charge in [0.15, 0.2) is 10.9 Å². The van der Waals surface area contributed by atoms with Crippen molar-refractivity contribution < 1.29 is 18.4 Å². The van der Waals surface area contributed by atoms with Gasteiger partial charge in [0.25, 0.3) is 5.92 Å². The summed E-state index contributed by atoms with van der Waals surface area (Å²) in [6.07, 6.45) is -0.631. The number of halogens is 4. The van der Waals surface area contributed by atoms with Gasteiger partial charge in [0.2, 0.25) is 0 Å². The van der Waals surface area contributed by atoms with E-state index in [2.05, 4.69) is 26.3 Å². The van der Waals surface area contributed by atoms with Crippen molar-refractivity contribution in [3.05, 3.63) is 16.4 Å². The average molecular weight is 453 g/mol. The smallest absolute Gasteiger partial charge is 0.251 e. The van der Waals surface area contributed by atoms with Crippen molar-refractivity contribution in [3.8, 4) is 0 Å². The molecule has 1 aliphatic heterocycles. The highest BCUT2D eigenvalue weighted by Gasteiger charge is 2.36. The molecule has 26 heavy (non-hydrogen) atoms. The molecule has 0 bridgehead atoms. The van der Waals surface area contributed by atoms with Crippen molar-refractivity contribution >= 4 is 48.3 Å². The maximum absolute atomic E-state index is 14.8. The number of aromatic nitrogens is 1. The third-order valence-electron chi connectivity index (χ3n) is 4.20. The zero-order valence-electron chi connectivity index (χ0n) is 14.6. The lowest BCUT2D eigenvalue weighted by Gasteiger charge is -2.33. The number of nitrogens with zero attached hydrogens (tertiary/aromatic N) is 3. The van der Waals surface area contributed by atoms with Gasteiger partial charge in [0.1, 0.15) is 11.2 Å². The first-order valence-corrected chi connectivity index (χ1v) is 9.76. The molecule has 0 aliphatic carbocycles. The number of rotatable bonds is 3. The molecule has 1 aromatic carbocycles. The summed E-state index contributed by atoms with van der Waals surface area (Å²) in [7, 11) is 0. The van der Waals surface area contributed by atoms with Crippen molar-refractivity contribution in [2.24, 2.45) is 0 Å². The number of nitrogens with one attached hydrogen (secondary N) is 1. The Morgan fingerprint density at radius 2 is 1.96 bits per heavy atom. The fourth-order valence-corrected chi connectivity index (χ4v) is 4.11. The molecule has 0 radical (unpaired) electrons. The van der Waals surface area contributed by atoms with Crippen LogP contribution in [0.1, 0.15) is 33.6 Å². The quantitative estimate of drug-likeness (QED) is 0.622. The maximum atomic E-state index is 14.8. The predicted molar refractivity (Wildman–Crippen MR) is 101 cm³/mol. The number of alkyl halides is 2. The molecule has 1 saturated heterocycles. The summed E-state index contributed by atoms with van der Waals surface area (Å²) in [6, 6.07) is 1.61. The molecule has 1 aliphatic rings. The van der Waals surface area contributed by atoms with Crippen LogP contribution in [0.5, 0.6) is 0 Å². The third-order valence-corrected chi connectivity index (χ3v) is 5.69. The van der Waals surface area contributed by atoms with Crippen LogP contribution in [0.2, 0.25) is 0 Å². The summed E-state index contributed by atoms with van der Waals surface area (Å²) < 4.78 is 42.6. The fraction of sp³-hybridized carbons (Fsp3) is 0.562. The van der Waals surface area contributed by atoms with Crippen LogP contribution >= 0.6 is 27.3 Å². The Balaban J connectivity index is 1.98. The normalized spacial score (nSPS) is 18.0. The number of hydrogen-bond donors (Lipinski definition) is 2. The number of piperidine rings is 1. The number of hydrazine groups is 1. The Labute approximate surface area is 161 Å². The molecule has 10 heteroatoms. The molecule has 1 aromatic heterocycles. The van der Waals surface area contributed by atoms with E-state index in [-0.39, 0.29) is 36.1 Å². The molecule has 2 heterocycles. The molecule has 2 N–H and O–H groups in total. The van der Waals surface area contributed by atoms with Gasteiger partial charge in [-0.15, -0.1) is 0 Å². The van der Waals surface area contributed by atoms with Crippen molar-refractivity contribution in [2.45, 2.75) is 45.1 Å². The van der Waals surface area contributed by atoms with E-state index in [0.29, 0.717) is 15.3 Å². The first-order valence-electron chi connectivity index (χ1n) is 8.15. The molecule has 0 amide bonds. The number of hydrogen-bond acceptors (Lipinski definition) is 6. The minimum Gasteiger partial charge on any atom is -0.367 e. The van der Waals surface area contributed by atoms with E-state index in [0.717, 1.165) is 5.17 Å². The van der Waals surface area contributed by atoms with Crippen LogP contribution in [-0.4, -0.2) is 39.9 Å². The number of thiazole rings is 1. The molecule has 0 unspecified atom stereocenters. The predicted octanol–water partition coefficient (Wildman–Crippen LogP) is 5.25. The molecular weight excluding hydrogens is 433 g/mol. The minimum atomic E-state index is -2.71. The van der Waals surface area contributed by atoms with Gasteiger partial charge in [0.05, 0.1) is 14.7 Å². The van der Waals surface area contributed by atoms with E-state index >= 15 is 0 Å². The number of fused-ring (bicyclic) bond motifs is 1. The summed E-state index contributed by atoms with van der Waals surface area (Å²) in [6.45, 7) is 5.54. The van der Waals surface area contributed by atoms with E-state index in [4.69, 9.17) is 0 Å². The van der Waals surface area contributed by atoms with Gasteiger partial charge in [-0.1, -0.05) is 16.5 Å². The lowest BCUT2D eigenvalue weighted by atomic mass is 10.1. The van der Waals surface area contributed by atoms with Crippen LogP contribution in [-0.2, 0) is 0 Å². The van der Waals surface area contributed by atoms with Crippen LogP contribution in [0.4, 0.5) is 24.0 Å². The number of benzene rings is 1. The SMILES string of the molecule is CC(C)(C)N(O)Nc1nc2c(N3CCC(F)(F)CC3)c(F)c(Br)cc2s1. The van der Waals surface area contributed by atoms with Crippen molar-refractivity contribution in [1.82, 2.24) is 10.2 Å². The van der Waals surface area contributed by atoms with Gasteiger partial charge < -0.3 is 4.90 Å². The molecule has 5 nitrogen and oxygen atoms in total. The zero-order valence-corrected chi connectivity index (χ0v) is 17.0. The number of anilines is 2. The summed E-state index contributed by atoms with van der Waals surface area (Å²) in [5, 5.41) is 11.4. The van der Waals surface area contributed by atoms with Crippen LogP contribution in [0.15, 0.2) is 10.5 Å². The second-order valence-corrected chi connectivity index (χ2v) is 9.21. The first kappa shape index (κ1) is 19.7. The van der Waals surface area contributed by atoms with Gasteiger partial charge in [-0.05, 0) is 42.8 Å². The first-order chi connectivity index (χ1) is 12.0. The van der Waals surface area contributed by atoms with Crippen molar-refractivity contribution in [2.75, 3.05) is 23.4 Å². The topological polar surface area (TPSA) is 51.6 Å². The van der Waals surface area contributed by atoms with Gasteiger partial charge in [0, 0.05) is 25.9 Å². The molecule has 2 aromatic rings. The average Bonchev–Trinajstić information content (AvgIpc) is 2.90. The highest BCUT2D eigenvalue weighted by molar-refractivity contribution is 9.10. The molecule has 1 fully saturated rings. The summed E-state index contributed by atoms with van der Waals surface area (Å²) in [5.41, 5.74) is 2.82. The second kappa shape index (κ2) is 6.81. The van der Waals surface area contributed by atoms with Gasteiger partial charge in [-0.25, -0.2) is 18.2 Å². The summed E-state index contributed by atoms with van der Waals surface area (Å²) in [5.74, 6) is -3.23. The van der Waals surface area contributed by atoms with Crippen LogP contribution in [0, 0.1) is 5.82 Å². The molecule has 0 saturated carbocycles. The number of hydroxylamine groups is 1. The molecule has 3 rings (SSSR count). The van der Waals surface area contributed by atoms with Gasteiger partial charge in [-0.2, -0.15) is 0 Å². The second-order valence-electron chi connectivity index (χ2n) is 7.32. The Morgan fingerprint density at radius 3 is 2.54 bits per heavy atom. The van der Waals surface area contributed by atoms with Crippen LogP contribution in [0.3, 0.4) is 0 Å². The maximum Gasteiger partial charge on any atom is 0.251 e. The van der Waals surface area contributed by atoms with E-state index in [1.165, 1.54) is 11.3 Å². The third kappa shape index (κ3) is 3.92. The zero-order chi connectivity index (χ0) is 19.3. The van der Waals surface area contributed by atoms with E-state index < -0.39 is 17.3 Å². The highest BCUT2D eigenvalue weighted by atomic mass is 79.9. The largest absolute Gasteiger partial charge is 0.367 e. The van der Waals surface area contributed by atoms with Gasteiger partial charge >= 0.3 is 0 Å². The van der Waals surface area contributed by atoms with E-state index in [1.54, 1.807) is 11.0 Å². The molecule has 0 atom stereocenters. The molecular formula is C16H20BrF3N4OS. The Hall–Kier alpha value is -1.10. The van der Waals surface area contributed by atoms with Crippen molar-refractivity contribution in [1.29, 1.82) is 0 Å². The lowest BCUT2D eigenvalue weighted by Crippen LogP contribution is -2.42. The van der Waals surface area contributed by atoms with Crippen LogP contribution < -0.4 is 10.3 Å². The van der Waals surface area contributed by atoms with E-state index in [1.807, 2.05) is 20.8 Å². The Bertz CT molecular complexity index is 814. The van der Waals surface area contributed by atoms with Gasteiger partial charge in [-0.3, -0.25) is 10.6 Å².